The van der Waals surface area contributed by atoms with Crippen LogP contribution in [0.25, 0.3) is 83.2 Å². The van der Waals surface area contributed by atoms with Gasteiger partial charge in [0.2, 0.25) is 0 Å². The molecule has 0 saturated carbocycles. The Morgan fingerprint density at radius 1 is 0.617 bits per heavy atom. The molecule has 3 aromatic heterocycles. The fraction of sp³-hybridized carbons (Fsp3) is 0.136. The minimum Gasteiger partial charge on any atom is -0.454 e. The third kappa shape index (κ3) is 3.93. The number of allylic oxidation sites excluding steroid dienone is 5. The number of fused-ring (bicyclic) bond motifs is 9. The van der Waals surface area contributed by atoms with Gasteiger partial charge in [-0.3, -0.25) is 0 Å². The van der Waals surface area contributed by atoms with E-state index >= 15 is 0 Å². The van der Waals surface area contributed by atoms with Crippen LogP contribution in [-0.4, -0.2) is 9.13 Å². The molecule has 0 aliphatic heterocycles. The van der Waals surface area contributed by atoms with Crippen molar-refractivity contribution < 1.29 is 4.42 Å². The zero-order valence-corrected chi connectivity index (χ0v) is 26.6. The van der Waals surface area contributed by atoms with Crippen LogP contribution in [0.15, 0.2) is 132 Å². The van der Waals surface area contributed by atoms with Crippen molar-refractivity contribution in [3.63, 3.8) is 0 Å². The van der Waals surface area contributed by atoms with E-state index in [1.807, 2.05) is 0 Å². The quantitative estimate of drug-likeness (QED) is 0.196. The third-order valence-electron chi connectivity index (χ3n) is 10.3. The largest absolute Gasteiger partial charge is 0.454 e. The van der Waals surface area contributed by atoms with Crippen LogP contribution in [0.3, 0.4) is 0 Å². The van der Waals surface area contributed by atoms with Crippen LogP contribution in [0.2, 0.25) is 0 Å². The number of rotatable bonds is 3. The van der Waals surface area contributed by atoms with Crippen LogP contribution in [0.5, 0.6) is 0 Å². The van der Waals surface area contributed by atoms with Crippen molar-refractivity contribution >= 4 is 66.4 Å². The number of benzene rings is 5. The first-order chi connectivity index (χ1) is 23.1. The maximum atomic E-state index is 6.71. The minimum atomic E-state index is 0.510. The Balaban J connectivity index is 1.27. The predicted octanol–water partition coefficient (Wildman–Crippen LogP) is 11.9. The van der Waals surface area contributed by atoms with Gasteiger partial charge in [-0.05, 0) is 96.0 Å². The molecule has 8 aromatic rings. The molecule has 0 spiro atoms. The Kier molecular flexibility index (Phi) is 5.66. The smallest absolute Gasteiger partial charge is 0.159 e. The molecule has 3 nitrogen and oxygen atoms in total. The highest BCUT2D eigenvalue weighted by Crippen LogP contribution is 2.43. The first kappa shape index (κ1) is 26.7. The van der Waals surface area contributed by atoms with Crippen molar-refractivity contribution in [2.24, 2.45) is 11.8 Å². The van der Waals surface area contributed by atoms with Gasteiger partial charge in [0.05, 0.1) is 22.2 Å². The standard InChI is InChI=1S/C44H34N2O/c1-27-10-9-11-31(22-27)45-38-15-6-3-13-33(38)36-24-29(19-21-40(36)45)30-25-37-34-14-5-8-17-43(34)47-44(37)42(26-30)46-39-16-7-4-12-32(39)35-23-28(2)18-20-41(35)46/h3-9,11-22,24-28H,10,23H2,1-2H3. The number of hydrogen-bond donors (Lipinski definition) is 0. The summed E-state index contributed by atoms with van der Waals surface area (Å²) in [4.78, 5) is 0. The van der Waals surface area contributed by atoms with Gasteiger partial charge in [0.25, 0.3) is 0 Å². The van der Waals surface area contributed by atoms with Gasteiger partial charge in [-0.1, -0.05) is 92.7 Å². The van der Waals surface area contributed by atoms with Crippen LogP contribution in [-0.2, 0) is 6.42 Å². The molecule has 226 valence electrons. The van der Waals surface area contributed by atoms with E-state index in [0.29, 0.717) is 11.8 Å². The van der Waals surface area contributed by atoms with Crippen molar-refractivity contribution in [1.82, 2.24) is 9.13 Å². The maximum absolute atomic E-state index is 6.71. The number of furan rings is 1. The van der Waals surface area contributed by atoms with E-state index in [0.717, 1.165) is 40.5 Å². The number of nitrogens with zero attached hydrogens (tertiary/aromatic N) is 2. The van der Waals surface area contributed by atoms with Crippen LogP contribution in [0, 0.1) is 11.8 Å². The molecular formula is C44H34N2O. The summed E-state index contributed by atoms with van der Waals surface area (Å²) in [6.45, 7) is 4.60. The molecule has 0 fully saturated rings. The van der Waals surface area contributed by atoms with E-state index in [4.69, 9.17) is 4.42 Å². The topological polar surface area (TPSA) is 23.0 Å². The van der Waals surface area contributed by atoms with Crippen molar-refractivity contribution in [3.05, 3.63) is 139 Å². The lowest BCUT2D eigenvalue weighted by atomic mass is 9.93. The Labute approximate surface area is 273 Å². The molecular weight excluding hydrogens is 572 g/mol. The van der Waals surface area contributed by atoms with Gasteiger partial charge < -0.3 is 13.6 Å². The average molecular weight is 607 g/mol. The number of hydrogen-bond acceptors (Lipinski definition) is 1. The van der Waals surface area contributed by atoms with Gasteiger partial charge in [-0.25, -0.2) is 0 Å². The van der Waals surface area contributed by atoms with E-state index < -0.39 is 0 Å². The lowest BCUT2D eigenvalue weighted by Crippen LogP contribution is -2.05. The van der Waals surface area contributed by atoms with E-state index in [1.165, 1.54) is 60.8 Å². The fourth-order valence-corrected chi connectivity index (χ4v) is 8.16. The molecule has 0 amide bonds. The molecule has 0 radical (unpaired) electrons. The molecule has 2 aliphatic carbocycles. The molecule has 3 heterocycles. The van der Waals surface area contributed by atoms with Gasteiger partial charge in [0.1, 0.15) is 5.58 Å². The molecule has 2 unspecified atom stereocenters. The second-order valence-corrected chi connectivity index (χ2v) is 13.5. The maximum Gasteiger partial charge on any atom is 0.159 e. The van der Waals surface area contributed by atoms with Crippen molar-refractivity contribution in [3.8, 4) is 16.8 Å². The van der Waals surface area contributed by atoms with Gasteiger partial charge in [-0.2, -0.15) is 0 Å². The Morgan fingerprint density at radius 2 is 1.34 bits per heavy atom. The molecule has 2 aliphatic rings. The average Bonchev–Trinajstić information content (AvgIpc) is 3.75. The Bertz CT molecular complexity index is 2670. The second kappa shape index (κ2) is 9.98. The highest BCUT2D eigenvalue weighted by molar-refractivity contribution is 6.13. The van der Waals surface area contributed by atoms with Crippen LogP contribution in [0.4, 0.5) is 0 Å². The Morgan fingerprint density at radius 3 is 2.19 bits per heavy atom. The van der Waals surface area contributed by atoms with Gasteiger partial charge in [-0.15, -0.1) is 0 Å². The molecule has 0 N–H and O–H groups in total. The SMILES string of the molecule is CC1C=C(n2c3ccccc3c3cc(-c4cc(-n5c6c(c7ccccc75)CC(C)C=C6)c5oc6ccccc6c5c4)ccc32)C=CC1. The zero-order chi connectivity index (χ0) is 31.2. The molecule has 0 bridgehead atoms. The fourth-order valence-electron chi connectivity index (χ4n) is 8.16. The molecule has 47 heavy (non-hydrogen) atoms. The van der Waals surface area contributed by atoms with Gasteiger partial charge in [0.15, 0.2) is 5.58 Å². The summed E-state index contributed by atoms with van der Waals surface area (Å²) in [5.41, 5.74) is 12.9. The van der Waals surface area contributed by atoms with Crippen molar-refractivity contribution in [2.45, 2.75) is 26.7 Å². The monoisotopic (exact) mass is 606 g/mol. The van der Waals surface area contributed by atoms with E-state index in [1.54, 1.807) is 0 Å². The lowest BCUT2D eigenvalue weighted by molar-refractivity contribution is 0.665. The summed E-state index contributed by atoms with van der Waals surface area (Å²) < 4.78 is 11.6. The summed E-state index contributed by atoms with van der Waals surface area (Å²) in [7, 11) is 0. The number of aromatic nitrogens is 2. The lowest BCUT2D eigenvalue weighted by Gasteiger charge is -2.17. The zero-order valence-electron chi connectivity index (χ0n) is 26.6. The first-order valence-electron chi connectivity index (χ1n) is 16.8. The molecule has 3 heteroatoms. The number of para-hydroxylation sites is 3. The van der Waals surface area contributed by atoms with Crippen LogP contribution in [0.1, 0.15) is 31.5 Å². The first-order valence-corrected chi connectivity index (χ1v) is 16.8. The normalized spacial score (nSPS) is 17.8. The summed E-state index contributed by atoms with van der Waals surface area (Å²) in [5.74, 6) is 1.03. The third-order valence-corrected chi connectivity index (χ3v) is 10.3. The van der Waals surface area contributed by atoms with Crippen molar-refractivity contribution in [1.29, 1.82) is 0 Å². The Hall–Kier alpha value is -5.54. The van der Waals surface area contributed by atoms with Gasteiger partial charge in [0, 0.05) is 38.3 Å². The molecule has 2 atom stereocenters. The highest BCUT2D eigenvalue weighted by Gasteiger charge is 2.24. The van der Waals surface area contributed by atoms with E-state index in [-0.39, 0.29) is 0 Å². The highest BCUT2D eigenvalue weighted by atomic mass is 16.3. The summed E-state index contributed by atoms with van der Waals surface area (Å²) in [6, 6.07) is 37.8. The molecule has 10 rings (SSSR count). The molecule has 5 aromatic carbocycles. The van der Waals surface area contributed by atoms with Crippen LogP contribution >= 0.6 is 0 Å². The molecule has 0 saturated heterocycles. The van der Waals surface area contributed by atoms with Crippen LogP contribution < -0.4 is 0 Å². The second-order valence-electron chi connectivity index (χ2n) is 13.5. The summed E-state index contributed by atoms with van der Waals surface area (Å²) >= 11 is 0. The van der Waals surface area contributed by atoms with Gasteiger partial charge >= 0.3 is 0 Å². The predicted molar refractivity (Wildman–Crippen MR) is 198 cm³/mol. The summed E-state index contributed by atoms with van der Waals surface area (Å²) in [6.07, 6.45) is 13.8. The summed E-state index contributed by atoms with van der Waals surface area (Å²) in [5, 5.41) is 6.15. The van der Waals surface area contributed by atoms with Crippen molar-refractivity contribution in [2.75, 3.05) is 0 Å². The van der Waals surface area contributed by atoms with E-state index in [9.17, 15) is 0 Å². The minimum absolute atomic E-state index is 0.510. The van der Waals surface area contributed by atoms with E-state index in [2.05, 4.69) is 156 Å².